The molecule has 4 rings (SSSR count). The van der Waals surface area contributed by atoms with E-state index in [1.165, 1.54) is 6.07 Å². The maximum absolute atomic E-state index is 14.0. The number of likely N-dealkylation sites (tertiary alicyclic amines) is 2. The summed E-state index contributed by atoms with van der Waals surface area (Å²) in [6, 6.07) is 4.75. The lowest BCUT2D eigenvalue weighted by Crippen LogP contribution is -2.64. The predicted octanol–water partition coefficient (Wildman–Crippen LogP) is 1.41. The molecule has 0 saturated carbocycles. The van der Waals surface area contributed by atoms with Gasteiger partial charge in [0.1, 0.15) is 18.2 Å². The Hall–Kier alpha value is -2.35. The number of rotatable bonds is 4. The van der Waals surface area contributed by atoms with Crippen molar-refractivity contribution in [1.82, 2.24) is 15.1 Å². The van der Waals surface area contributed by atoms with Crippen molar-refractivity contribution < 1.29 is 23.5 Å². The number of methoxy groups -OCH3 is 1. The first-order chi connectivity index (χ1) is 13.5. The minimum Gasteiger partial charge on any atom is -0.496 e. The fourth-order valence-electron chi connectivity index (χ4n) is 4.30. The van der Waals surface area contributed by atoms with Crippen LogP contribution in [0.1, 0.15) is 18.4 Å². The topological polar surface area (TPSA) is 71.1 Å². The van der Waals surface area contributed by atoms with Crippen molar-refractivity contribution in [3.8, 4) is 5.75 Å². The van der Waals surface area contributed by atoms with Gasteiger partial charge >= 0.3 is 6.03 Å². The Morgan fingerprint density at radius 1 is 1.32 bits per heavy atom. The molecule has 3 aliphatic heterocycles. The normalized spacial score (nSPS) is 25.0. The van der Waals surface area contributed by atoms with E-state index in [0.717, 1.165) is 12.8 Å². The highest BCUT2D eigenvalue weighted by Crippen LogP contribution is 2.28. The molecule has 3 heterocycles. The molecule has 3 aliphatic rings. The van der Waals surface area contributed by atoms with Gasteiger partial charge in [0.25, 0.3) is 0 Å². The Labute approximate surface area is 163 Å². The average molecular weight is 391 g/mol. The lowest BCUT2D eigenvalue weighted by molar-refractivity contribution is -0.139. The van der Waals surface area contributed by atoms with Crippen molar-refractivity contribution >= 4 is 11.9 Å². The highest BCUT2D eigenvalue weighted by Gasteiger charge is 2.39. The molecular weight excluding hydrogens is 365 g/mol. The summed E-state index contributed by atoms with van der Waals surface area (Å²) in [6.07, 6.45) is 2.15. The standard InChI is InChI=1S/C20H26FN3O4/c1-27-17-4-2-3-15(21)14(17)6-5-13-9-24(10-13)20(26)23-8-7-18-16(11-23)22-19(25)12-28-18/h2-4,13,16,18H,5-12H2,1H3,(H,22,25)/t16-,18+/m1/s1. The van der Waals surface area contributed by atoms with Crippen LogP contribution in [0, 0.1) is 11.7 Å². The minimum atomic E-state index is -0.244. The van der Waals surface area contributed by atoms with Crippen LogP contribution >= 0.6 is 0 Å². The number of hydrogen-bond donors (Lipinski definition) is 1. The molecule has 3 fully saturated rings. The molecule has 1 aromatic rings. The lowest BCUT2D eigenvalue weighted by Gasteiger charge is -2.46. The number of morpholine rings is 1. The van der Waals surface area contributed by atoms with Gasteiger partial charge in [-0.25, -0.2) is 9.18 Å². The van der Waals surface area contributed by atoms with Gasteiger partial charge in [-0.05, 0) is 37.3 Å². The highest BCUT2D eigenvalue weighted by molar-refractivity contribution is 5.79. The Morgan fingerprint density at radius 3 is 2.93 bits per heavy atom. The number of nitrogens with one attached hydrogen (secondary N) is 1. The molecule has 2 atom stereocenters. The number of benzene rings is 1. The second kappa shape index (κ2) is 7.95. The quantitative estimate of drug-likeness (QED) is 0.843. The maximum Gasteiger partial charge on any atom is 0.320 e. The van der Waals surface area contributed by atoms with E-state index in [9.17, 15) is 14.0 Å². The average Bonchev–Trinajstić information content (AvgIpc) is 2.66. The van der Waals surface area contributed by atoms with Crippen molar-refractivity contribution in [2.45, 2.75) is 31.4 Å². The highest BCUT2D eigenvalue weighted by atomic mass is 19.1. The molecule has 0 unspecified atom stereocenters. The number of hydrogen-bond acceptors (Lipinski definition) is 4. The van der Waals surface area contributed by atoms with Crippen molar-refractivity contribution in [3.63, 3.8) is 0 Å². The van der Waals surface area contributed by atoms with Crippen LogP contribution in [0.5, 0.6) is 5.75 Å². The molecule has 152 valence electrons. The number of carbonyl (C=O) groups is 2. The second-order valence-electron chi connectivity index (χ2n) is 7.77. The van der Waals surface area contributed by atoms with Gasteiger partial charge in [-0.1, -0.05) is 6.07 Å². The third-order valence-corrected chi connectivity index (χ3v) is 5.92. The third kappa shape index (κ3) is 3.78. The van der Waals surface area contributed by atoms with E-state index >= 15 is 0 Å². The monoisotopic (exact) mass is 391 g/mol. The van der Waals surface area contributed by atoms with Gasteiger partial charge in [-0.3, -0.25) is 4.79 Å². The van der Waals surface area contributed by atoms with Crippen molar-refractivity contribution in [3.05, 3.63) is 29.6 Å². The number of urea groups is 1. The van der Waals surface area contributed by atoms with E-state index in [1.54, 1.807) is 24.1 Å². The van der Waals surface area contributed by atoms with Crippen LogP contribution in [0.2, 0.25) is 0 Å². The second-order valence-corrected chi connectivity index (χ2v) is 7.77. The first-order valence-corrected chi connectivity index (χ1v) is 9.81. The number of piperidine rings is 1. The zero-order valence-corrected chi connectivity index (χ0v) is 16.0. The number of carbonyl (C=O) groups excluding carboxylic acids is 2. The van der Waals surface area contributed by atoms with E-state index in [4.69, 9.17) is 9.47 Å². The van der Waals surface area contributed by atoms with Crippen LogP contribution < -0.4 is 10.1 Å². The number of fused-ring (bicyclic) bond motifs is 1. The summed E-state index contributed by atoms with van der Waals surface area (Å²) < 4.78 is 24.8. The van der Waals surface area contributed by atoms with Crippen LogP contribution in [0.4, 0.5) is 9.18 Å². The van der Waals surface area contributed by atoms with Gasteiger partial charge in [-0.2, -0.15) is 0 Å². The zero-order valence-electron chi connectivity index (χ0n) is 16.0. The molecule has 0 aliphatic carbocycles. The van der Waals surface area contributed by atoms with Gasteiger partial charge in [0.2, 0.25) is 5.91 Å². The fourth-order valence-corrected chi connectivity index (χ4v) is 4.30. The number of halogens is 1. The van der Waals surface area contributed by atoms with E-state index in [2.05, 4.69) is 5.32 Å². The van der Waals surface area contributed by atoms with Crippen LogP contribution in [0.25, 0.3) is 0 Å². The van der Waals surface area contributed by atoms with E-state index in [-0.39, 0.29) is 36.5 Å². The molecule has 3 amide bonds. The van der Waals surface area contributed by atoms with Gasteiger partial charge in [0.15, 0.2) is 0 Å². The molecule has 1 aromatic carbocycles. The molecule has 0 radical (unpaired) electrons. The zero-order chi connectivity index (χ0) is 19.7. The Kier molecular flexibility index (Phi) is 5.39. The smallest absolute Gasteiger partial charge is 0.320 e. The lowest BCUT2D eigenvalue weighted by atomic mass is 9.92. The van der Waals surface area contributed by atoms with Crippen LogP contribution in [-0.2, 0) is 16.0 Å². The molecule has 0 bridgehead atoms. The summed E-state index contributed by atoms with van der Waals surface area (Å²) in [5, 5.41) is 2.92. The summed E-state index contributed by atoms with van der Waals surface area (Å²) in [5.74, 6) is 0.574. The maximum atomic E-state index is 14.0. The molecule has 8 heteroatoms. The Balaban J connectivity index is 1.25. The predicted molar refractivity (Wildman–Crippen MR) is 99.6 cm³/mol. The molecule has 7 nitrogen and oxygen atoms in total. The number of ether oxygens (including phenoxy) is 2. The van der Waals surface area contributed by atoms with Crippen LogP contribution in [0.15, 0.2) is 18.2 Å². The molecule has 3 saturated heterocycles. The molecule has 0 spiro atoms. The minimum absolute atomic E-state index is 0.00152. The summed E-state index contributed by atoms with van der Waals surface area (Å²) >= 11 is 0. The largest absolute Gasteiger partial charge is 0.496 e. The van der Waals surface area contributed by atoms with Gasteiger partial charge < -0.3 is 24.6 Å². The van der Waals surface area contributed by atoms with Crippen LogP contribution in [0.3, 0.4) is 0 Å². The van der Waals surface area contributed by atoms with Gasteiger partial charge in [-0.15, -0.1) is 0 Å². The number of amides is 3. The summed E-state index contributed by atoms with van der Waals surface area (Å²) in [4.78, 5) is 27.9. The van der Waals surface area contributed by atoms with Crippen LogP contribution in [-0.4, -0.2) is 73.8 Å². The molecule has 1 N–H and O–H groups in total. The van der Waals surface area contributed by atoms with Gasteiger partial charge in [0, 0.05) is 31.7 Å². The number of nitrogens with zero attached hydrogens (tertiary/aromatic N) is 2. The Morgan fingerprint density at radius 2 is 2.14 bits per heavy atom. The molecular formula is C20H26FN3O4. The first kappa shape index (κ1) is 19.0. The van der Waals surface area contributed by atoms with Crippen molar-refractivity contribution in [2.24, 2.45) is 5.92 Å². The SMILES string of the molecule is COc1cccc(F)c1CCC1CN(C(=O)N2CC[C@@H]3OCC(=O)N[C@@H]3C2)C1. The summed E-state index contributed by atoms with van der Waals surface area (Å²) in [5.41, 5.74) is 0.602. The van der Waals surface area contributed by atoms with E-state index in [0.29, 0.717) is 49.8 Å². The fraction of sp³-hybridized carbons (Fsp3) is 0.600. The summed E-state index contributed by atoms with van der Waals surface area (Å²) in [7, 11) is 1.55. The van der Waals surface area contributed by atoms with Crippen molar-refractivity contribution in [1.29, 1.82) is 0 Å². The molecule has 28 heavy (non-hydrogen) atoms. The van der Waals surface area contributed by atoms with E-state index < -0.39 is 0 Å². The van der Waals surface area contributed by atoms with Gasteiger partial charge in [0.05, 0.1) is 19.3 Å². The first-order valence-electron chi connectivity index (χ1n) is 9.81. The Bertz CT molecular complexity index is 753. The molecule has 0 aromatic heterocycles. The summed E-state index contributed by atoms with van der Waals surface area (Å²) in [6.45, 7) is 2.61. The van der Waals surface area contributed by atoms with E-state index in [1.807, 2.05) is 4.90 Å². The third-order valence-electron chi connectivity index (χ3n) is 5.92. The van der Waals surface area contributed by atoms with Crippen molar-refractivity contribution in [2.75, 3.05) is 39.9 Å².